The zero-order valence-electron chi connectivity index (χ0n) is 16.1. The van der Waals surface area contributed by atoms with Crippen LogP contribution in [0.1, 0.15) is 16.1 Å². The summed E-state index contributed by atoms with van der Waals surface area (Å²) >= 11 is 0. The largest absolute Gasteiger partial charge is 0.481 e. The first-order chi connectivity index (χ1) is 13.5. The molecule has 0 saturated heterocycles. The number of hydrogen-bond donors (Lipinski definition) is 2. The Morgan fingerprint density at radius 1 is 1.29 bits per heavy atom. The summed E-state index contributed by atoms with van der Waals surface area (Å²) in [6, 6.07) is 3.37. The molecule has 3 rings (SSSR count). The van der Waals surface area contributed by atoms with Crippen molar-refractivity contribution < 1.29 is 18.8 Å². The minimum Gasteiger partial charge on any atom is -0.481 e. The topological polar surface area (TPSA) is 116 Å². The molecule has 0 aliphatic heterocycles. The van der Waals surface area contributed by atoms with Crippen LogP contribution in [0.25, 0.3) is 11.3 Å². The van der Waals surface area contributed by atoms with Gasteiger partial charge in [-0.25, -0.2) is 4.98 Å². The van der Waals surface area contributed by atoms with E-state index in [-0.39, 0.29) is 5.91 Å². The van der Waals surface area contributed by atoms with Crippen LogP contribution in [0.2, 0.25) is 0 Å². The van der Waals surface area contributed by atoms with E-state index in [0.717, 1.165) is 0 Å². The number of nitrogens with one attached hydrogen (secondary N) is 2. The summed E-state index contributed by atoms with van der Waals surface area (Å²) in [7, 11) is 4.96. The Kier molecular flexibility index (Phi) is 5.90. The predicted molar refractivity (Wildman–Crippen MR) is 103 cm³/mol. The molecule has 0 bridgehead atoms. The molecule has 10 nitrogen and oxygen atoms in total. The molecule has 0 fully saturated rings. The maximum absolute atomic E-state index is 12.9. The molecule has 0 saturated carbocycles. The fourth-order valence-electron chi connectivity index (χ4n) is 2.68. The van der Waals surface area contributed by atoms with Gasteiger partial charge in [0.25, 0.3) is 5.91 Å². The number of carbonyl (C=O) groups excluding carboxylic acids is 1. The second-order valence-corrected chi connectivity index (χ2v) is 5.96. The standard InChI is InChI=1S/C18H22N6O4/c1-11-15(18(25)22-12-5-6-14(27-4)20-9-12)16(23-28-11)13-10-21-24(2)17(13)19-7-8-26-3/h5-6,9-10,19H,7-8H2,1-4H3,(H,22,25). The summed E-state index contributed by atoms with van der Waals surface area (Å²) in [5.41, 5.74) is 1.93. The van der Waals surface area contributed by atoms with E-state index < -0.39 is 0 Å². The first kappa shape index (κ1) is 19.4. The summed E-state index contributed by atoms with van der Waals surface area (Å²) in [6.45, 7) is 2.80. The lowest BCUT2D eigenvalue weighted by Crippen LogP contribution is -2.14. The number of nitrogens with zero attached hydrogens (tertiary/aromatic N) is 4. The highest BCUT2D eigenvalue weighted by Gasteiger charge is 2.25. The lowest BCUT2D eigenvalue weighted by molar-refractivity contribution is 0.102. The molecule has 0 aliphatic rings. The number of aryl methyl sites for hydroxylation is 2. The lowest BCUT2D eigenvalue weighted by Gasteiger charge is -2.09. The molecule has 148 valence electrons. The minimum atomic E-state index is -0.354. The molecule has 3 aromatic rings. The molecule has 0 unspecified atom stereocenters. The van der Waals surface area contributed by atoms with E-state index in [1.165, 1.54) is 13.3 Å². The van der Waals surface area contributed by atoms with Crippen LogP contribution in [-0.2, 0) is 11.8 Å². The van der Waals surface area contributed by atoms with Crippen LogP contribution in [0.5, 0.6) is 5.88 Å². The molecule has 10 heteroatoms. The van der Waals surface area contributed by atoms with Crippen molar-refractivity contribution in [2.24, 2.45) is 7.05 Å². The SMILES string of the molecule is COCCNc1c(-c2noc(C)c2C(=O)Nc2ccc(OC)nc2)cnn1C. The van der Waals surface area contributed by atoms with E-state index in [0.29, 0.717) is 53.1 Å². The number of methoxy groups -OCH3 is 2. The van der Waals surface area contributed by atoms with Crippen molar-refractivity contribution in [3.05, 3.63) is 35.9 Å². The average Bonchev–Trinajstić information content (AvgIpc) is 3.25. The van der Waals surface area contributed by atoms with Gasteiger partial charge in [-0.05, 0) is 13.0 Å². The lowest BCUT2D eigenvalue weighted by atomic mass is 10.1. The number of ether oxygens (including phenoxy) is 2. The van der Waals surface area contributed by atoms with Crippen molar-refractivity contribution in [3.63, 3.8) is 0 Å². The summed E-state index contributed by atoms with van der Waals surface area (Å²) in [5.74, 6) is 1.22. The molecule has 28 heavy (non-hydrogen) atoms. The third-order valence-corrected chi connectivity index (χ3v) is 4.09. The van der Waals surface area contributed by atoms with E-state index in [4.69, 9.17) is 14.0 Å². The molecule has 3 heterocycles. The Balaban J connectivity index is 1.88. The number of rotatable bonds is 8. The third-order valence-electron chi connectivity index (χ3n) is 4.09. The summed E-state index contributed by atoms with van der Waals surface area (Å²) < 4.78 is 17.1. The van der Waals surface area contributed by atoms with E-state index in [1.807, 2.05) is 0 Å². The predicted octanol–water partition coefficient (Wildman–Crippen LogP) is 2.10. The molecular weight excluding hydrogens is 364 g/mol. The smallest absolute Gasteiger partial charge is 0.261 e. The van der Waals surface area contributed by atoms with Gasteiger partial charge >= 0.3 is 0 Å². The Hall–Kier alpha value is -3.40. The van der Waals surface area contributed by atoms with Gasteiger partial charge in [-0.2, -0.15) is 5.10 Å². The molecule has 1 amide bonds. The number of hydrogen-bond acceptors (Lipinski definition) is 8. The van der Waals surface area contributed by atoms with E-state index in [9.17, 15) is 4.79 Å². The van der Waals surface area contributed by atoms with E-state index in [2.05, 4.69) is 25.9 Å². The van der Waals surface area contributed by atoms with Crippen molar-refractivity contribution in [1.82, 2.24) is 19.9 Å². The van der Waals surface area contributed by atoms with Crippen molar-refractivity contribution in [2.45, 2.75) is 6.92 Å². The van der Waals surface area contributed by atoms with Gasteiger partial charge in [0.15, 0.2) is 0 Å². The highest BCUT2D eigenvalue weighted by molar-refractivity contribution is 6.09. The Morgan fingerprint density at radius 3 is 2.79 bits per heavy atom. The average molecular weight is 386 g/mol. The highest BCUT2D eigenvalue weighted by Crippen LogP contribution is 2.31. The molecule has 0 atom stereocenters. The van der Waals surface area contributed by atoms with Crippen LogP contribution in [0, 0.1) is 6.92 Å². The summed E-state index contributed by atoms with van der Waals surface area (Å²) in [4.78, 5) is 17.0. The third kappa shape index (κ3) is 3.96. The zero-order chi connectivity index (χ0) is 20.1. The van der Waals surface area contributed by atoms with Gasteiger partial charge in [-0.1, -0.05) is 5.16 Å². The van der Waals surface area contributed by atoms with Crippen molar-refractivity contribution in [3.8, 4) is 17.1 Å². The monoisotopic (exact) mass is 386 g/mol. The van der Waals surface area contributed by atoms with Crippen LogP contribution in [0.3, 0.4) is 0 Å². The number of aromatic nitrogens is 4. The fourth-order valence-corrected chi connectivity index (χ4v) is 2.68. The normalized spacial score (nSPS) is 10.7. The second kappa shape index (κ2) is 8.53. The molecular formula is C18H22N6O4. The van der Waals surface area contributed by atoms with Crippen LogP contribution < -0.4 is 15.4 Å². The zero-order valence-corrected chi connectivity index (χ0v) is 16.1. The van der Waals surface area contributed by atoms with Crippen molar-refractivity contribution in [1.29, 1.82) is 0 Å². The summed E-state index contributed by atoms with van der Waals surface area (Å²) in [5, 5.41) is 14.4. The van der Waals surface area contributed by atoms with Gasteiger partial charge in [0.05, 0.1) is 37.4 Å². The molecule has 0 spiro atoms. The Bertz CT molecular complexity index is 948. The summed E-state index contributed by atoms with van der Waals surface area (Å²) in [6.07, 6.45) is 3.15. The van der Waals surface area contributed by atoms with Crippen molar-refractivity contribution in [2.75, 3.05) is 38.0 Å². The van der Waals surface area contributed by atoms with Gasteiger partial charge in [0, 0.05) is 26.8 Å². The number of anilines is 2. The van der Waals surface area contributed by atoms with Crippen molar-refractivity contribution >= 4 is 17.4 Å². The van der Waals surface area contributed by atoms with E-state index >= 15 is 0 Å². The first-order valence-corrected chi connectivity index (χ1v) is 8.58. The number of carbonyl (C=O) groups is 1. The maximum atomic E-state index is 12.9. The Morgan fingerprint density at radius 2 is 2.11 bits per heavy atom. The van der Waals surface area contributed by atoms with Gasteiger partial charge in [0.2, 0.25) is 5.88 Å². The number of amides is 1. The van der Waals surface area contributed by atoms with Gasteiger partial charge in [-0.15, -0.1) is 0 Å². The van der Waals surface area contributed by atoms with Gasteiger partial charge in [0.1, 0.15) is 22.8 Å². The van der Waals surface area contributed by atoms with Gasteiger partial charge < -0.3 is 24.6 Å². The van der Waals surface area contributed by atoms with E-state index in [1.54, 1.807) is 44.1 Å². The molecule has 0 aliphatic carbocycles. The Labute approximate surface area is 161 Å². The quantitative estimate of drug-likeness (QED) is 0.565. The molecule has 2 N–H and O–H groups in total. The maximum Gasteiger partial charge on any atom is 0.261 e. The molecule has 3 aromatic heterocycles. The van der Waals surface area contributed by atoms with Crippen LogP contribution in [0.15, 0.2) is 29.0 Å². The number of pyridine rings is 1. The molecule has 0 aromatic carbocycles. The second-order valence-electron chi connectivity index (χ2n) is 5.96. The van der Waals surface area contributed by atoms with Crippen LogP contribution in [-0.4, -0.2) is 53.2 Å². The highest BCUT2D eigenvalue weighted by atomic mass is 16.5. The van der Waals surface area contributed by atoms with Crippen LogP contribution in [0.4, 0.5) is 11.5 Å². The minimum absolute atomic E-state index is 0.332. The molecule has 0 radical (unpaired) electrons. The fraction of sp³-hybridized carbons (Fsp3) is 0.333. The first-order valence-electron chi connectivity index (χ1n) is 8.58. The van der Waals surface area contributed by atoms with Gasteiger partial charge in [-0.3, -0.25) is 9.48 Å². The van der Waals surface area contributed by atoms with Crippen LogP contribution >= 0.6 is 0 Å².